The normalized spacial score (nSPS) is 11.9. The number of aromatic nitrogens is 2. The number of phenolic OH excluding ortho intramolecular Hbond substituents is 1. The number of para-hydroxylation sites is 1. The standard InChI is InChI=1S/C22H25N5O2/c1-14-9-11-15(12-10-14)20(29)24-21(25-22(2,3)4)23-19-13-17(26-27-19)16-7-5-6-8-18(16)28/h5-13,28H,1-4H3,(H3,23,24,25,26,27,29). The lowest BCUT2D eigenvalue weighted by Gasteiger charge is -2.23. The molecular formula is C22H25N5O2. The number of aromatic amines is 1. The first-order chi connectivity index (χ1) is 13.7. The first kappa shape index (κ1) is 20.1. The van der Waals surface area contributed by atoms with Crippen molar-refractivity contribution in [3.05, 3.63) is 65.7 Å². The number of rotatable bonds is 3. The highest BCUT2D eigenvalue weighted by Gasteiger charge is 2.16. The molecule has 29 heavy (non-hydrogen) atoms. The van der Waals surface area contributed by atoms with E-state index in [1.807, 2.05) is 45.9 Å². The Labute approximate surface area is 169 Å². The van der Waals surface area contributed by atoms with E-state index in [0.717, 1.165) is 5.56 Å². The summed E-state index contributed by atoms with van der Waals surface area (Å²) >= 11 is 0. The number of phenols is 1. The van der Waals surface area contributed by atoms with Crippen molar-refractivity contribution < 1.29 is 9.90 Å². The van der Waals surface area contributed by atoms with E-state index in [0.29, 0.717) is 28.6 Å². The van der Waals surface area contributed by atoms with Crippen LogP contribution in [0, 0.1) is 6.92 Å². The number of amides is 1. The molecule has 0 saturated heterocycles. The van der Waals surface area contributed by atoms with Crippen LogP contribution in [0.4, 0.5) is 5.82 Å². The zero-order valence-corrected chi connectivity index (χ0v) is 16.9. The number of nitrogens with zero attached hydrogens (tertiary/aromatic N) is 2. The number of benzene rings is 2. The van der Waals surface area contributed by atoms with Crippen molar-refractivity contribution in [1.82, 2.24) is 15.5 Å². The van der Waals surface area contributed by atoms with Gasteiger partial charge in [-0.05, 0) is 52.0 Å². The molecule has 150 valence electrons. The minimum absolute atomic E-state index is 0.141. The molecule has 0 fully saturated rings. The van der Waals surface area contributed by atoms with E-state index in [-0.39, 0.29) is 17.2 Å². The van der Waals surface area contributed by atoms with Crippen LogP contribution in [-0.2, 0) is 0 Å². The van der Waals surface area contributed by atoms with E-state index in [1.54, 1.807) is 36.4 Å². The molecule has 0 aliphatic carbocycles. The molecule has 3 aromatic rings. The fourth-order valence-electron chi connectivity index (χ4n) is 2.65. The lowest BCUT2D eigenvalue weighted by molar-refractivity contribution is 0.100. The van der Waals surface area contributed by atoms with Gasteiger partial charge in [0.15, 0.2) is 0 Å². The Bertz CT molecular complexity index is 1030. The average molecular weight is 391 g/mol. The van der Waals surface area contributed by atoms with Crippen molar-refractivity contribution in [1.29, 1.82) is 0 Å². The van der Waals surface area contributed by atoms with Crippen molar-refractivity contribution in [3.8, 4) is 17.0 Å². The lowest BCUT2D eigenvalue weighted by atomic mass is 10.1. The molecule has 0 bridgehead atoms. The summed E-state index contributed by atoms with van der Waals surface area (Å²) in [6.07, 6.45) is 0. The molecule has 1 amide bonds. The highest BCUT2D eigenvalue weighted by Crippen LogP contribution is 2.28. The number of carbonyl (C=O) groups excluding carboxylic acids is 1. The molecule has 2 aromatic carbocycles. The molecule has 3 rings (SSSR count). The number of carbonyl (C=O) groups is 1. The first-order valence-corrected chi connectivity index (χ1v) is 9.30. The van der Waals surface area contributed by atoms with Crippen molar-refractivity contribution in [2.45, 2.75) is 33.2 Å². The molecule has 0 unspecified atom stereocenters. The Morgan fingerprint density at radius 1 is 1.10 bits per heavy atom. The molecule has 7 heteroatoms. The van der Waals surface area contributed by atoms with Gasteiger partial charge in [0.25, 0.3) is 5.91 Å². The molecule has 1 aromatic heterocycles. The molecule has 0 aliphatic rings. The third-order valence-corrected chi connectivity index (χ3v) is 4.02. The molecule has 4 N–H and O–H groups in total. The number of aromatic hydroxyl groups is 1. The second kappa shape index (κ2) is 8.18. The molecule has 0 atom stereocenters. The number of hydrogen-bond donors (Lipinski definition) is 4. The second-order valence-corrected chi connectivity index (χ2v) is 7.82. The maximum absolute atomic E-state index is 12.6. The summed E-state index contributed by atoms with van der Waals surface area (Å²) in [5.41, 5.74) is 2.44. The largest absolute Gasteiger partial charge is 0.507 e. The first-order valence-electron chi connectivity index (χ1n) is 9.30. The van der Waals surface area contributed by atoms with Gasteiger partial charge in [0.2, 0.25) is 5.96 Å². The maximum Gasteiger partial charge on any atom is 0.280 e. The maximum atomic E-state index is 12.6. The summed E-state index contributed by atoms with van der Waals surface area (Å²) in [5, 5.41) is 23.4. The van der Waals surface area contributed by atoms with E-state index in [2.05, 4.69) is 25.8 Å². The summed E-state index contributed by atoms with van der Waals surface area (Å²) in [4.78, 5) is 16.8. The van der Waals surface area contributed by atoms with Crippen LogP contribution in [-0.4, -0.2) is 32.7 Å². The van der Waals surface area contributed by atoms with Gasteiger partial charge in [0, 0.05) is 22.7 Å². The number of nitrogens with one attached hydrogen (secondary N) is 3. The second-order valence-electron chi connectivity index (χ2n) is 7.82. The summed E-state index contributed by atoms with van der Waals surface area (Å²) in [5.74, 6) is 0.623. The fourth-order valence-corrected chi connectivity index (χ4v) is 2.65. The monoisotopic (exact) mass is 391 g/mol. The van der Waals surface area contributed by atoms with Gasteiger partial charge in [-0.15, -0.1) is 0 Å². The Kier molecular flexibility index (Phi) is 5.68. The van der Waals surface area contributed by atoms with Gasteiger partial charge >= 0.3 is 0 Å². The zero-order valence-electron chi connectivity index (χ0n) is 16.9. The molecule has 0 spiro atoms. The van der Waals surface area contributed by atoms with Crippen LogP contribution in [0.25, 0.3) is 11.3 Å². The number of aryl methyl sites for hydroxylation is 1. The van der Waals surface area contributed by atoms with Gasteiger partial charge < -0.3 is 15.7 Å². The number of anilines is 1. The molecule has 7 nitrogen and oxygen atoms in total. The summed E-state index contributed by atoms with van der Waals surface area (Å²) in [6.45, 7) is 7.88. The predicted molar refractivity (Wildman–Crippen MR) is 115 cm³/mol. The summed E-state index contributed by atoms with van der Waals surface area (Å²) < 4.78 is 0. The molecule has 0 radical (unpaired) electrons. The predicted octanol–water partition coefficient (Wildman–Crippen LogP) is 4.09. The van der Waals surface area contributed by atoms with Crippen LogP contribution in [0.15, 0.2) is 59.6 Å². The number of hydrogen-bond acceptors (Lipinski definition) is 3. The van der Waals surface area contributed by atoms with Crippen molar-refractivity contribution in [2.75, 3.05) is 5.32 Å². The van der Waals surface area contributed by atoms with Gasteiger partial charge in [0.1, 0.15) is 11.6 Å². The van der Waals surface area contributed by atoms with Crippen molar-refractivity contribution in [3.63, 3.8) is 0 Å². The Balaban J connectivity index is 1.85. The summed E-state index contributed by atoms with van der Waals surface area (Å²) in [7, 11) is 0. The van der Waals surface area contributed by atoms with E-state index in [4.69, 9.17) is 0 Å². The average Bonchev–Trinajstić information content (AvgIpc) is 3.09. The van der Waals surface area contributed by atoms with Gasteiger partial charge in [-0.25, -0.2) is 0 Å². The Hall–Kier alpha value is -3.61. The molecule has 1 heterocycles. The van der Waals surface area contributed by atoms with Crippen molar-refractivity contribution in [2.24, 2.45) is 4.99 Å². The molecule has 0 aliphatic heterocycles. The SMILES string of the molecule is Cc1ccc(C(=O)/N=C(\Nc2cc(-c3ccccc3O)n[nH]2)NC(C)(C)C)cc1. The van der Waals surface area contributed by atoms with Crippen LogP contribution in [0.5, 0.6) is 5.75 Å². The van der Waals surface area contributed by atoms with Crippen LogP contribution in [0.1, 0.15) is 36.7 Å². The quantitative estimate of drug-likeness (QED) is 0.398. The van der Waals surface area contributed by atoms with E-state index < -0.39 is 0 Å². The van der Waals surface area contributed by atoms with E-state index in [1.165, 1.54) is 0 Å². The Morgan fingerprint density at radius 3 is 2.45 bits per heavy atom. The van der Waals surface area contributed by atoms with E-state index in [9.17, 15) is 9.90 Å². The van der Waals surface area contributed by atoms with Crippen LogP contribution in [0.2, 0.25) is 0 Å². The van der Waals surface area contributed by atoms with Gasteiger partial charge in [-0.2, -0.15) is 10.1 Å². The van der Waals surface area contributed by atoms with Crippen LogP contribution in [0.3, 0.4) is 0 Å². The van der Waals surface area contributed by atoms with Gasteiger partial charge in [0.05, 0.1) is 5.69 Å². The third kappa shape index (κ3) is 5.44. The number of guanidine groups is 1. The number of H-pyrrole nitrogens is 1. The van der Waals surface area contributed by atoms with Crippen LogP contribution >= 0.6 is 0 Å². The van der Waals surface area contributed by atoms with E-state index >= 15 is 0 Å². The van der Waals surface area contributed by atoms with Crippen LogP contribution < -0.4 is 10.6 Å². The molecular weight excluding hydrogens is 366 g/mol. The number of aliphatic imine (C=N–C) groups is 1. The summed E-state index contributed by atoms with van der Waals surface area (Å²) in [6, 6.07) is 15.9. The zero-order chi connectivity index (χ0) is 21.0. The van der Waals surface area contributed by atoms with Crippen molar-refractivity contribution >= 4 is 17.7 Å². The minimum Gasteiger partial charge on any atom is -0.507 e. The topological polar surface area (TPSA) is 102 Å². The highest BCUT2D eigenvalue weighted by molar-refractivity contribution is 6.06. The smallest absolute Gasteiger partial charge is 0.280 e. The Morgan fingerprint density at radius 2 is 1.79 bits per heavy atom. The fraction of sp³-hybridized carbons (Fsp3) is 0.227. The van der Waals surface area contributed by atoms with Gasteiger partial charge in [-0.3, -0.25) is 9.89 Å². The molecule has 0 saturated carbocycles. The third-order valence-electron chi connectivity index (χ3n) is 4.02. The van der Waals surface area contributed by atoms with Gasteiger partial charge in [-0.1, -0.05) is 29.8 Å². The minimum atomic E-state index is -0.357. The highest BCUT2D eigenvalue weighted by atomic mass is 16.3. The lowest BCUT2D eigenvalue weighted by Crippen LogP contribution is -2.44.